The second-order valence-electron chi connectivity index (χ2n) is 11.9. The Bertz CT molecular complexity index is 909. The molecule has 0 aromatic carbocycles. The van der Waals surface area contributed by atoms with Crippen molar-refractivity contribution >= 4 is 9.84 Å². The highest BCUT2D eigenvalue weighted by Crippen LogP contribution is 2.60. The molecule has 0 saturated heterocycles. The number of hydrogen-bond donors (Lipinski definition) is 1. The maximum atomic E-state index is 13.1. The van der Waals surface area contributed by atoms with Gasteiger partial charge in [-0.3, -0.25) is 0 Å². The molecule has 1 aliphatic heterocycles. The predicted molar refractivity (Wildman–Crippen MR) is 133 cm³/mol. The summed E-state index contributed by atoms with van der Waals surface area (Å²) in [6, 6.07) is 0. The van der Waals surface area contributed by atoms with Crippen LogP contribution in [0.1, 0.15) is 86.0 Å². The first-order valence-electron chi connectivity index (χ1n) is 13.0. The van der Waals surface area contributed by atoms with Gasteiger partial charge in [-0.25, -0.2) is 8.42 Å². The van der Waals surface area contributed by atoms with Crippen LogP contribution in [0.4, 0.5) is 0 Å². The van der Waals surface area contributed by atoms with Crippen molar-refractivity contribution < 1.29 is 13.5 Å². The molecule has 0 unspecified atom stereocenters. The highest BCUT2D eigenvalue weighted by molar-refractivity contribution is 7.92. The van der Waals surface area contributed by atoms with Crippen molar-refractivity contribution in [2.24, 2.45) is 35.0 Å². The molecule has 0 amide bonds. The molecule has 32 heavy (non-hydrogen) atoms. The summed E-state index contributed by atoms with van der Waals surface area (Å²) >= 11 is 0. The van der Waals surface area contributed by atoms with Crippen molar-refractivity contribution in [2.45, 2.75) is 97.3 Å². The molecule has 3 aliphatic carbocycles. The van der Waals surface area contributed by atoms with Crippen LogP contribution in [0.25, 0.3) is 0 Å². The lowest BCUT2D eigenvalue weighted by Crippen LogP contribution is -2.36. The zero-order valence-corrected chi connectivity index (χ0v) is 21.6. The monoisotopic (exact) mass is 460 g/mol. The van der Waals surface area contributed by atoms with Crippen molar-refractivity contribution in [2.75, 3.05) is 5.75 Å². The van der Waals surface area contributed by atoms with Crippen LogP contribution in [0, 0.1) is 35.0 Å². The second-order valence-corrected chi connectivity index (χ2v) is 14.1. The third-order valence-electron chi connectivity index (χ3n) is 9.60. The van der Waals surface area contributed by atoms with Crippen LogP contribution in [0.15, 0.2) is 34.9 Å². The first-order chi connectivity index (χ1) is 15.0. The van der Waals surface area contributed by atoms with Crippen LogP contribution >= 0.6 is 0 Å². The number of rotatable bonds is 5. The summed E-state index contributed by atoms with van der Waals surface area (Å²) in [6.07, 6.45) is 14.5. The van der Waals surface area contributed by atoms with Gasteiger partial charge in [0.15, 0.2) is 9.84 Å². The normalized spacial score (nSPS) is 40.2. The van der Waals surface area contributed by atoms with E-state index in [1.165, 1.54) is 24.8 Å². The molecule has 0 aromatic rings. The Labute approximate surface area is 196 Å². The highest BCUT2D eigenvalue weighted by atomic mass is 32.2. The molecular formula is C28H44O3S. The predicted octanol–water partition coefficient (Wildman–Crippen LogP) is 6.25. The molecule has 0 aromatic heterocycles. The fourth-order valence-corrected chi connectivity index (χ4v) is 9.36. The maximum Gasteiger partial charge on any atom is 0.164 e. The number of hydrogen-bond acceptors (Lipinski definition) is 3. The van der Waals surface area contributed by atoms with E-state index in [9.17, 15) is 13.5 Å². The smallest absolute Gasteiger partial charge is 0.164 e. The minimum atomic E-state index is -3.17. The van der Waals surface area contributed by atoms with E-state index in [1.54, 1.807) is 0 Å². The van der Waals surface area contributed by atoms with Crippen molar-refractivity contribution in [1.82, 2.24) is 0 Å². The summed E-state index contributed by atoms with van der Waals surface area (Å²) < 4.78 is 26.2. The van der Waals surface area contributed by atoms with Gasteiger partial charge < -0.3 is 5.11 Å². The van der Waals surface area contributed by atoms with Gasteiger partial charge in [-0.05, 0) is 91.9 Å². The molecule has 7 atom stereocenters. The standard InChI is InChI=1S/C28H44O3S/c1-18(2)19(3)8-9-20(4)25-12-13-26-21(7-6-14-28(25,26)5)15-27-24-16-23(29)11-10-22(24)17-32(27,30)31/h8-9,15,18-20,23,25-27,29H,6-7,10-14,16-17H2,1-5H3/b9-8+,21-15-/t19-,20+,23-,25+,26+,27-,28+/m0/s1. The number of fused-ring (bicyclic) bond motifs is 1. The molecule has 0 radical (unpaired) electrons. The third-order valence-corrected chi connectivity index (χ3v) is 11.5. The zero-order valence-electron chi connectivity index (χ0n) is 20.8. The molecule has 2 saturated carbocycles. The van der Waals surface area contributed by atoms with Crippen LogP contribution in [0.5, 0.6) is 0 Å². The van der Waals surface area contributed by atoms with Crippen molar-refractivity contribution in [3.05, 3.63) is 34.9 Å². The summed E-state index contributed by atoms with van der Waals surface area (Å²) in [7, 11) is -3.17. The van der Waals surface area contributed by atoms with Gasteiger partial charge in [0.2, 0.25) is 0 Å². The third kappa shape index (κ3) is 4.43. The van der Waals surface area contributed by atoms with Gasteiger partial charge in [-0.15, -0.1) is 0 Å². The molecule has 0 spiro atoms. The van der Waals surface area contributed by atoms with Crippen LogP contribution in [-0.4, -0.2) is 30.6 Å². The van der Waals surface area contributed by atoms with E-state index in [0.717, 1.165) is 30.4 Å². The average molecular weight is 461 g/mol. The van der Waals surface area contributed by atoms with E-state index in [1.807, 2.05) is 0 Å². The van der Waals surface area contributed by atoms with E-state index in [-0.39, 0.29) is 17.3 Å². The maximum absolute atomic E-state index is 13.1. The minimum absolute atomic E-state index is 0.212. The van der Waals surface area contributed by atoms with Crippen LogP contribution in [0.3, 0.4) is 0 Å². The lowest BCUT2D eigenvalue weighted by atomic mass is 9.61. The Morgan fingerprint density at radius 3 is 2.53 bits per heavy atom. The Morgan fingerprint density at radius 2 is 1.81 bits per heavy atom. The van der Waals surface area contributed by atoms with Gasteiger partial charge in [-0.1, -0.05) is 64.0 Å². The number of aliphatic hydroxyl groups is 1. The Morgan fingerprint density at radius 1 is 1.06 bits per heavy atom. The average Bonchev–Trinajstić information content (AvgIpc) is 3.20. The summed E-state index contributed by atoms with van der Waals surface area (Å²) in [5.41, 5.74) is 3.78. The molecule has 1 N–H and O–H groups in total. The van der Waals surface area contributed by atoms with Crippen LogP contribution in [-0.2, 0) is 9.84 Å². The Kier molecular flexibility index (Phi) is 6.87. The summed E-state index contributed by atoms with van der Waals surface area (Å²) in [5.74, 6) is 3.21. The molecule has 4 heteroatoms. The molecular weight excluding hydrogens is 416 g/mol. The van der Waals surface area contributed by atoms with Crippen LogP contribution < -0.4 is 0 Å². The van der Waals surface area contributed by atoms with Gasteiger partial charge in [0.25, 0.3) is 0 Å². The van der Waals surface area contributed by atoms with E-state index in [0.29, 0.717) is 42.4 Å². The summed E-state index contributed by atoms with van der Waals surface area (Å²) in [5, 5.41) is 9.73. The summed E-state index contributed by atoms with van der Waals surface area (Å²) in [6.45, 7) is 11.8. The highest BCUT2D eigenvalue weighted by Gasteiger charge is 2.51. The Hall–Kier alpha value is -0.870. The molecule has 1 heterocycles. The Balaban J connectivity index is 1.58. The topological polar surface area (TPSA) is 54.4 Å². The summed E-state index contributed by atoms with van der Waals surface area (Å²) in [4.78, 5) is 0. The fourth-order valence-electron chi connectivity index (χ4n) is 7.28. The van der Waals surface area contributed by atoms with E-state index < -0.39 is 15.1 Å². The number of allylic oxidation sites excluding steroid dienone is 3. The first-order valence-corrected chi connectivity index (χ1v) is 14.7. The van der Waals surface area contributed by atoms with Gasteiger partial charge in [0.1, 0.15) is 5.25 Å². The van der Waals surface area contributed by atoms with Gasteiger partial charge >= 0.3 is 0 Å². The fraction of sp³-hybridized carbons (Fsp3) is 0.786. The van der Waals surface area contributed by atoms with Crippen LogP contribution in [0.2, 0.25) is 0 Å². The zero-order chi connectivity index (χ0) is 23.3. The SMILES string of the molecule is CC(C)[C@@H](C)/C=C/[C@@H](C)[C@H]1CC[C@@H]2/C(=C\[C@H]3C4=C(CC[C@H](O)C4)CS3(=O)=O)CCC[C@@]21C. The minimum Gasteiger partial charge on any atom is -0.393 e. The quantitative estimate of drug-likeness (QED) is 0.493. The lowest BCUT2D eigenvalue weighted by Gasteiger charge is -2.44. The largest absolute Gasteiger partial charge is 0.393 e. The molecule has 180 valence electrons. The van der Waals surface area contributed by atoms with Crippen molar-refractivity contribution in [3.8, 4) is 0 Å². The van der Waals surface area contributed by atoms with E-state index in [4.69, 9.17) is 0 Å². The van der Waals surface area contributed by atoms with Crippen molar-refractivity contribution in [1.29, 1.82) is 0 Å². The molecule has 2 fully saturated rings. The molecule has 4 rings (SSSR count). The van der Waals surface area contributed by atoms with E-state index in [2.05, 4.69) is 52.8 Å². The number of sulfone groups is 1. The second kappa shape index (κ2) is 9.06. The first kappa shape index (κ1) is 24.3. The lowest BCUT2D eigenvalue weighted by molar-refractivity contribution is 0.111. The van der Waals surface area contributed by atoms with Gasteiger partial charge in [0.05, 0.1) is 11.9 Å². The van der Waals surface area contributed by atoms with Crippen molar-refractivity contribution in [3.63, 3.8) is 0 Å². The number of aliphatic hydroxyl groups excluding tert-OH is 1. The van der Waals surface area contributed by atoms with E-state index >= 15 is 0 Å². The van der Waals surface area contributed by atoms with Gasteiger partial charge in [-0.2, -0.15) is 0 Å². The van der Waals surface area contributed by atoms with Gasteiger partial charge in [0, 0.05) is 0 Å². The molecule has 3 nitrogen and oxygen atoms in total. The molecule has 0 bridgehead atoms. The molecule has 4 aliphatic rings.